The second kappa shape index (κ2) is 6.53. The van der Waals surface area contributed by atoms with E-state index in [0.29, 0.717) is 0 Å². The van der Waals surface area contributed by atoms with Crippen LogP contribution < -0.4 is 0 Å². The molecule has 0 aliphatic heterocycles. The van der Waals surface area contributed by atoms with Crippen molar-refractivity contribution in [2.75, 3.05) is 19.3 Å². The molecule has 18 heavy (non-hydrogen) atoms. The molecule has 0 aromatic heterocycles. The molecular weight excluding hydrogens is 248 g/mol. The largest absolute Gasteiger partial charge is 0.214 e. The molecule has 0 fully saturated rings. The average molecular weight is 266 g/mol. The van der Waals surface area contributed by atoms with Gasteiger partial charge in [0.15, 0.2) is 0 Å². The maximum Gasteiger partial charge on any atom is 0.214 e. The van der Waals surface area contributed by atoms with Gasteiger partial charge in [0.2, 0.25) is 10.0 Å². The van der Waals surface area contributed by atoms with Gasteiger partial charge in [0.25, 0.3) is 0 Å². The standard InChI is InChI=1S/C13H18N2O2S/c1-12(13-7-4-3-5-8-13)11-18(16,17)15(2)10-6-9-14/h3-5,7-8,12H,6,10-11H2,1-2H3. The molecule has 0 amide bonds. The maximum absolute atomic E-state index is 12.0. The van der Waals surface area contributed by atoms with Crippen molar-refractivity contribution in [3.05, 3.63) is 35.9 Å². The summed E-state index contributed by atoms with van der Waals surface area (Å²) in [6.07, 6.45) is 0.218. The van der Waals surface area contributed by atoms with Crippen LogP contribution in [0.25, 0.3) is 0 Å². The van der Waals surface area contributed by atoms with Crippen LogP contribution in [0.3, 0.4) is 0 Å². The van der Waals surface area contributed by atoms with E-state index in [1.54, 1.807) is 0 Å². The minimum absolute atomic E-state index is 0.0549. The van der Waals surface area contributed by atoms with Crippen molar-refractivity contribution in [3.63, 3.8) is 0 Å². The molecule has 0 aliphatic rings. The second-order valence-electron chi connectivity index (χ2n) is 4.32. The highest BCUT2D eigenvalue weighted by Gasteiger charge is 2.21. The predicted molar refractivity (Wildman–Crippen MR) is 71.5 cm³/mol. The number of benzene rings is 1. The van der Waals surface area contributed by atoms with Crippen LogP contribution in [0.5, 0.6) is 0 Å². The van der Waals surface area contributed by atoms with E-state index in [2.05, 4.69) is 0 Å². The van der Waals surface area contributed by atoms with Crippen LogP contribution in [0.2, 0.25) is 0 Å². The molecule has 1 unspecified atom stereocenters. The zero-order chi connectivity index (χ0) is 13.6. The average Bonchev–Trinajstić information content (AvgIpc) is 2.36. The van der Waals surface area contributed by atoms with Crippen molar-refractivity contribution in [1.29, 1.82) is 5.26 Å². The third-order valence-electron chi connectivity index (χ3n) is 2.84. The van der Waals surface area contributed by atoms with Crippen molar-refractivity contribution in [3.8, 4) is 6.07 Å². The lowest BCUT2D eigenvalue weighted by atomic mass is 10.0. The fraction of sp³-hybridized carbons (Fsp3) is 0.462. The van der Waals surface area contributed by atoms with Gasteiger partial charge in [-0.05, 0) is 11.5 Å². The van der Waals surface area contributed by atoms with Crippen LogP contribution in [-0.4, -0.2) is 32.1 Å². The molecule has 1 atom stereocenters. The number of nitrogens with zero attached hydrogens (tertiary/aromatic N) is 2. The highest BCUT2D eigenvalue weighted by Crippen LogP contribution is 2.18. The monoisotopic (exact) mass is 266 g/mol. The molecule has 0 radical (unpaired) electrons. The SMILES string of the molecule is CC(CS(=O)(=O)N(C)CCC#N)c1ccccc1. The Labute approximate surface area is 109 Å². The summed E-state index contributed by atoms with van der Waals surface area (Å²) in [4.78, 5) is 0. The van der Waals surface area contributed by atoms with E-state index in [9.17, 15) is 8.42 Å². The van der Waals surface area contributed by atoms with E-state index < -0.39 is 10.0 Å². The first kappa shape index (κ1) is 14.7. The van der Waals surface area contributed by atoms with Gasteiger partial charge >= 0.3 is 0 Å². The molecule has 1 aromatic rings. The topological polar surface area (TPSA) is 61.2 Å². The van der Waals surface area contributed by atoms with Crippen LogP contribution >= 0.6 is 0 Å². The van der Waals surface area contributed by atoms with Gasteiger partial charge in [0.05, 0.1) is 11.8 Å². The molecule has 0 aliphatic carbocycles. The van der Waals surface area contributed by atoms with Crippen LogP contribution in [0.4, 0.5) is 0 Å². The van der Waals surface area contributed by atoms with E-state index in [4.69, 9.17) is 5.26 Å². The van der Waals surface area contributed by atoms with E-state index >= 15 is 0 Å². The molecule has 98 valence electrons. The summed E-state index contributed by atoms with van der Waals surface area (Å²) in [6, 6.07) is 11.5. The molecule has 0 N–H and O–H groups in total. The smallest absolute Gasteiger partial charge is 0.212 e. The summed E-state index contributed by atoms with van der Waals surface area (Å²) in [5.74, 6) is 0.0135. The quantitative estimate of drug-likeness (QED) is 0.790. The van der Waals surface area contributed by atoms with E-state index in [-0.39, 0.29) is 24.6 Å². The van der Waals surface area contributed by atoms with Gasteiger partial charge < -0.3 is 0 Å². The Bertz CT molecular complexity index is 506. The van der Waals surface area contributed by atoms with Gasteiger partial charge in [-0.3, -0.25) is 0 Å². The van der Waals surface area contributed by atoms with Gasteiger partial charge in [-0.1, -0.05) is 37.3 Å². The zero-order valence-electron chi connectivity index (χ0n) is 10.7. The number of hydrogen-bond donors (Lipinski definition) is 0. The molecule has 0 saturated heterocycles. The molecule has 1 aromatic carbocycles. The van der Waals surface area contributed by atoms with Crippen molar-refractivity contribution in [2.45, 2.75) is 19.3 Å². The molecule has 0 heterocycles. The minimum Gasteiger partial charge on any atom is -0.212 e. The molecule has 0 saturated carbocycles. The maximum atomic E-state index is 12.0. The van der Waals surface area contributed by atoms with Crippen molar-refractivity contribution in [2.24, 2.45) is 0 Å². The molecule has 1 rings (SSSR count). The fourth-order valence-electron chi connectivity index (χ4n) is 1.67. The van der Waals surface area contributed by atoms with E-state index in [1.165, 1.54) is 11.4 Å². The number of rotatable bonds is 6. The first-order valence-electron chi connectivity index (χ1n) is 5.83. The first-order valence-corrected chi connectivity index (χ1v) is 7.44. The molecule has 5 heteroatoms. The van der Waals surface area contributed by atoms with Crippen molar-refractivity contribution >= 4 is 10.0 Å². The zero-order valence-corrected chi connectivity index (χ0v) is 11.5. The first-order chi connectivity index (χ1) is 8.47. The third kappa shape index (κ3) is 4.13. The van der Waals surface area contributed by atoms with Crippen LogP contribution in [0.1, 0.15) is 24.8 Å². The summed E-state index contributed by atoms with van der Waals surface area (Å²) in [5.41, 5.74) is 1.01. The Morgan fingerprint density at radius 3 is 2.50 bits per heavy atom. The Morgan fingerprint density at radius 2 is 1.94 bits per heavy atom. The Morgan fingerprint density at radius 1 is 1.33 bits per heavy atom. The molecule has 0 spiro atoms. The lowest BCUT2D eigenvalue weighted by Crippen LogP contribution is -2.31. The van der Waals surface area contributed by atoms with Gasteiger partial charge in [-0.15, -0.1) is 0 Å². The number of nitriles is 1. The number of sulfonamides is 1. The summed E-state index contributed by atoms with van der Waals surface area (Å²) in [7, 11) is -1.78. The van der Waals surface area contributed by atoms with Crippen LogP contribution in [0.15, 0.2) is 30.3 Å². The van der Waals surface area contributed by atoms with Gasteiger partial charge in [0, 0.05) is 20.0 Å². The Kier molecular flexibility index (Phi) is 5.32. The summed E-state index contributed by atoms with van der Waals surface area (Å²) < 4.78 is 25.3. The van der Waals surface area contributed by atoms with Gasteiger partial charge in [-0.25, -0.2) is 12.7 Å². The highest BCUT2D eigenvalue weighted by atomic mass is 32.2. The minimum atomic E-state index is -3.30. The second-order valence-corrected chi connectivity index (χ2v) is 6.44. The summed E-state index contributed by atoms with van der Waals surface area (Å²) >= 11 is 0. The predicted octanol–water partition coefficient (Wildman–Crippen LogP) is 1.97. The molecule has 0 bridgehead atoms. The van der Waals surface area contributed by atoms with Crippen molar-refractivity contribution < 1.29 is 8.42 Å². The summed E-state index contributed by atoms with van der Waals surface area (Å²) in [6.45, 7) is 2.14. The van der Waals surface area contributed by atoms with Gasteiger partial charge in [-0.2, -0.15) is 5.26 Å². The Balaban J connectivity index is 2.69. The summed E-state index contributed by atoms with van der Waals surface area (Å²) in [5, 5.41) is 8.47. The number of hydrogen-bond acceptors (Lipinski definition) is 3. The van der Waals surface area contributed by atoms with E-state index in [1.807, 2.05) is 43.3 Å². The van der Waals surface area contributed by atoms with Crippen LogP contribution in [-0.2, 0) is 10.0 Å². The Hall–Kier alpha value is -1.38. The van der Waals surface area contributed by atoms with Gasteiger partial charge in [0.1, 0.15) is 0 Å². The highest BCUT2D eigenvalue weighted by molar-refractivity contribution is 7.89. The normalized spacial score (nSPS) is 13.2. The molecular formula is C13H18N2O2S. The lowest BCUT2D eigenvalue weighted by Gasteiger charge is -2.19. The third-order valence-corrected chi connectivity index (χ3v) is 4.90. The van der Waals surface area contributed by atoms with Crippen molar-refractivity contribution in [1.82, 2.24) is 4.31 Å². The van der Waals surface area contributed by atoms with E-state index in [0.717, 1.165) is 5.56 Å². The fourth-order valence-corrected chi connectivity index (χ4v) is 3.12. The van der Waals surface area contributed by atoms with Crippen LogP contribution in [0, 0.1) is 11.3 Å². The molecule has 4 nitrogen and oxygen atoms in total. The lowest BCUT2D eigenvalue weighted by molar-refractivity contribution is 0.473.